The first-order valence-corrected chi connectivity index (χ1v) is 9.20. The molecule has 0 bridgehead atoms. The third-order valence-electron chi connectivity index (χ3n) is 5.28. The van der Waals surface area contributed by atoms with E-state index in [0.717, 1.165) is 11.6 Å². The van der Waals surface area contributed by atoms with Gasteiger partial charge in [0.2, 0.25) is 5.91 Å². The monoisotopic (exact) mass is 373 g/mol. The van der Waals surface area contributed by atoms with Gasteiger partial charge in [0.1, 0.15) is 0 Å². The highest BCUT2D eigenvalue weighted by Crippen LogP contribution is 2.42. The van der Waals surface area contributed by atoms with Gasteiger partial charge in [0.25, 0.3) is 0 Å². The number of carbonyl (C=O) groups is 1. The fourth-order valence-corrected chi connectivity index (χ4v) is 3.92. The second-order valence-corrected chi connectivity index (χ2v) is 6.92. The SMILES string of the molecule is CCC(=O)N(C1CCC2=C=C=CC(C(F)(F)F)=C2C1)C(C)c1ccccc1. The van der Waals surface area contributed by atoms with Gasteiger partial charge in [-0.25, -0.2) is 0 Å². The molecule has 2 atom stereocenters. The van der Waals surface area contributed by atoms with E-state index < -0.39 is 11.7 Å². The second-order valence-electron chi connectivity index (χ2n) is 6.92. The summed E-state index contributed by atoms with van der Waals surface area (Å²) in [7, 11) is 0. The molecule has 0 radical (unpaired) electrons. The molecule has 1 aromatic rings. The second kappa shape index (κ2) is 7.64. The van der Waals surface area contributed by atoms with Crippen LogP contribution in [-0.2, 0) is 4.79 Å². The van der Waals surface area contributed by atoms with Crippen LogP contribution in [0.25, 0.3) is 0 Å². The number of benzene rings is 1. The third-order valence-corrected chi connectivity index (χ3v) is 5.28. The van der Waals surface area contributed by atoms with E-state index in [2.05, 4.69) is 11.5 Å². The first kappa shape index (κ1) is 19.3. The van der Waals surface area contributed by atoms with Crippen LogP contribution in [0.1, 0.15) is 51.1 Å². The molecule has 0 aromatic heterocycles. The maximum absolute atomic E-state index is 13.4. The van der Waals surface area contributed by atoms with Crippen LogP contribution in [0.3, 0.4) is 0 Å². The molecular formula is C22H22F3NO. The minimum Gasteiger partial charge on any atom is -0.333 e. The lowest BCUT2D eigenvalue weighted by molar-refractivity contribution is -0.136. The van der Waals surface area contributed by atoms with Crippen molar-refractivity contribution < 1.29 is 18.0 Å². The van der Waals surface area contributed by atoms with E-state index in [4.69, 9.17) is 0 Å². The summed E-state index contributed by atoms with van der Waals surface area (Å²) in [4.78, 5) is 14.5. The molecule has 1 amide bonds. The molecule has 142 valence electrons. The molecule has 0 N–H and O–H groups in total. The summed E-state index contributed by atoms with van der Waals surface area (Å²) < 4.78 is 40.3. The van der Waals surface area contributed by atoms with Crippen molar-refractivity contribution in [2.45, 2.75) is 57.8 Å². The molecule has 5 heteroatoms. The van der Waals surface area contributed by atoms with Crippen molar-refractivity contribution in [3.63, 3.8) is 0 Å². The molecule has 0 saturated heterocycles. The van der Waals surface area contributed by atoms with Crippen molar-refractivity contribution in [2.24, 2.45) is 0 Å². The molecular weight excluding hydrogens is 351 g/mol. The molecule has 1 saturated carbocycles. The number of hydrogen-bond donors (Lipinski definition) is 0. The molecule has 0 aliphatic heterocycles. The molecule has 1 fully saturated rings. The van der Waals surface area contributed by atoms with Crippen molar-refractivity contribution in [1.82, 2.24) is 4.90 Å². The summed E-state index contributed by atoms with van der Waals surface area (Å²) in [6.45, 7) is 3.72. The Morgan fingerprint density at radius 2 is 2.00 bits per heavy atom. The molecule has 0 heterocycles. The quantitative estimate of drug-likeness (QED) is 0.625. The Bertz CT molecular complexity index is 853. The molecule has 0 spiro atoms. The average Bonchev–Trinajstić information content (AvgIpc) is 2.67. The Labute approximate surface area is 157 Å². The summed E-state index contributed by atoms with van der Waals surface area (Å²) in [6, 6.07) is 9.14. The average molecular weight is 373 g/mol. The highest BCUT2D eigenvalue weighted by atomic mass is 19.4. The number of nitrogens with zero attached hydrogens (tertiary/aromatic N) is 1. The van der Waals surface area contributed by atoms with Crippen LogP contribution < -0.4 is 0 Å². The van der Waals surface area contributed by atoms with E-state index in [1.165, 1.54) is 0 Å². The Balaban J connectivity index is 1.95. The van der Waals surface area contributed by atoms with Gasteiger partial charge in [-0.1, -0.05) is 48.7 Å². The summed E-state index contributed by atoms with van der Waals surface area (Å²) in [6.07, 6.45) is -1.85. The van der Waals surface area contributed by atoms with Crippen molar-refractivity contribution in [2.75, 3.05) is 0 Å². The number of carbonyl (C=O) groups excluding carboxylic acids is 1. The Morgan fingerprint density at radius 1 is 1.30 bits per heavy atom. The van der Waals surface area contributed by atoms with Crippen molar-refractivity contribution >= 4 is 5.91 Å². The van der Waals surface area contributed by atoms with E-state index in [9.17, 15) is 18.0 Å². The van der Waals surface area contributed by atoms with Gasteiger partial charge in [-0.15, -0.1) is 0 Å². The highest BCUT2D eigenvalue weighted by Gasteiger charge is 2.40. The molecule has 2 aliphatic carbocycles. The predicted molar refractivity (Wildman–Crippen MR) is 97.8 cm³/mol. The predicted octanol–water partition coefficient (Wildman–Crippen LogP) is 5.65. The number of halogens is 3. The molecule has 2 unspecified atom stereocenters. The largest absolute Gasteiger partial charge is 0.417 e. The van der Waals surface area contributed by atoms with Crippen LogP contribution in [-0.4, -0.2) is 23.0 Å². The third kappa shape index (κ3) is 3.95. The van der Waals surface area contributed by atoms with Gasteiger partial charge < -0.3 is 4.90 Å². The Morgan fingerprint density at radius 3 is 2.63 bits per heavy atom. The van der Waals surface area contributed by atoms with Gasteiger partial charge in [0.05, 0.1) is 11.6 Å². The van der Waals surface area contributed by atoms with Crippen LogP contribution in [0, 0.1) is 0 Å². The number of alkyl halides is 3. The van der Waals surface area contributed by atoms with Gasteiger partial charge in [0, 0.05) is 24.1 Å². The molecule has 27 heavy (non-hydrogen) atoms. The number of amides is 1. The first-order valence-electron chi connectivity index (χ1n) is 9.20. The Hall–Kier alpha value is -2.48. The van der Waals surface area contributed by atoms with E-state index >= 15 is 0 Å². The zero-order valence-corrected chi connectivity index (χ0v) is 15.4. The molecule has 2 aliphatic rings. The van der Waals surface area contributed by atoms with Gasteiger partial charge >= 0.3 is 6.18 Å². The lowest BCUT2D eigenvalue weighted by Crippen LogP contribution is -2.43. The summed E-state index contributed by atoms with van der Waals surface area (Å²) >= 11 is 0. The smallest absolute Gasteiger partial charge is 0.333 e. The van der Waals surface area contributed by atoms with E-state index in [1.807, 2.05) is 37.3 Å². The molecule has 2 nitrogen and oxygen atoms in total. The van der Waals surface area contributed by atoms with E-state index in [-0.39, 0.29) is 30.0 Å². The van der Waals surface area contributed by atoms with Crippen molar-refractivity contribution in [3.8, 4) is 0 Å². The number of hydrogen-bond acceptors (Lipinski definition) is 1. The summed E-state index contributed by atoms with van der Waals surface area (Å²) in [5.41, 5.74) is 6.48. The summed E-state index contributed by atoms with van der Waals surface area (Å²) in [5.74, 6) is -0.0418. The molecule has 3 rings (SSSR count). The van der Waals surface area contributed by atoms with Crippen molar-refractivity contribution in [1.29, 1.82) is 0 Å². The lowest BCUT2D eigenvalue weighted by Gasteiger charge is -2.40. The summed E-state index contributed by atoms with van der Waals surface area (Å²) in [5, 5.41) is 0. The number of fused-ring (bicyclic) bond motifs is 1. The highest BCUT2D eigenvalue weighted by molar-refractivity contribution is 5.77. The standard InChI is InChI=1S/C22H22F3NO/c1-3-21(27)26(15(2)16-8-5-4-6-9-16)18-13-12-17-10-7-11-20(19(17)14-18)22(23,24)25/h4-6,8-9,11,15,18H,3,12-14H2,1-2H3. The van der Waals surface area contributed by atoms with Crippen LogP contribution in [0.5, 0.6) is 0 Å². The maximum atomic E-state index is 13.4. The fraction of sp³-hybridized carbons (Fsp3) is 0.409. The zero-order valence-electron chi connectivity index (χ0n) is 15.4. The minimum absolute atomic E-state index is 0.0418. The molecule has 1 aromatic carbocycles. The van der Waals surface area contributed by atoms with Crippen molar-refractivity contribution in [3.05, 3.63) is 70.2 Å². The van der Waals surface area contributed by atoms with Crippen LogP contribution >= 0.6 is 0 Å². The maximum Gasteiger partial charge on any atom is 0.417 e. The van der Waals surface area contributed by atoms with Gasteiger partial charge in [-0.2, -0.15) is 13.2 Å². The van der Waals surface area contributed by atoms with E-state index in [0.29, 0.717) is 24.8 Å². The van der Waals surface area contributed by atoms with E-state index in [1.54, 1.807) is 11.8 Å². The van der Waals surface area contributed by atoms with Gasteiger partial charge in [0.15, 0.2) is 0 Å². The number of rotatable bonds is 4. The fourth-order valence-electron chi connectivity index (χ4n) is 3.92. The zero-order chi connectivity index (χ0) is 19.6. The topological polar surface area (TPSA) is 20.3 Å². The first-order chi connectivity index (χ1) is 12.8. The van der Waals surface area contributed by atoms with Gasteiger partial charge in [-0.3, -0.25) is 4.79 Å². The van der Waals surface area contributed by atoms with Gasteiger partial charge in [-0.05, 0) is 37.3 Å². The number of allylic oxidation sites excluding steroid dienone is 3. The van der Waals surface area contributed by atoms with Crippen LogP contribution in [0.15, 0.2) is 64.6 Å². The van der Waals surface area contributed by atoms with Crippen LogP contribution in [0.4, 0.5) is 13.2 Å². The van der Waals surface area contributed by atoms with Crippen LogP contribution in [0.2, 0.25) is 0 Å². The Kier molecular flexibility index (Phi) is 5.46. The normalized spacial score (nSPS) is 20.2. The lowest BCUT2D eigenvalue weighted by atomic mass is 9.81. The minimum atomic E-state index is -4.43.